The number of amides is 1. The van der Waals surface area contributed by atoms with Crippen molar-refractivity contribution in [1.29, 1.82) is 0 Å². The van der Waals surface area contributed by atoms with Gasteiger partial charge in [0.05, 0.1) is 0 Å². The predicted octanol–water partition coefficient (Wildman–Crippen LogP) is 3.03. The lowest BCUT2D eigenvalue weighted by Gasteiger charge is -2.14. The molecule has 25 heavy (non-hydrogen) atoms. The molecule has 0 aliphatic heterocycles. The fraction of sp³-hybridized carbons (Fsp3) is 0.316. The third kappa shape index (κ3) is 5.11. The van der Waals surface area contributed by atoms with Crippen LogP contribution in [0.5, 0.6) is 0 Å². The van der Waals surface area contributed by atoms with E-state index in [9.17, 15) is 18.8 Å². The Bertz CT molecular complexity index is 825. The first-order valence-corrected chi connectivity index (χ1v) is 8.10. The fourth-order valence-electron chi connectivity index (χ4n) is 2.40. The van der Waals surface area contributed by atoms with Crippen LogP contribution in [0.1, 0.15) is 59.5 Å². The van der Waals surface area contributed by atoms with E-state index in [1.54, 1.807) is 13.0 Å². The molecule has 0 aliphatic carbocycles. The van der Waals surface area contributed by atoms with Crippen molar-refractivity contribution in [2.45, 2.75) is 39.2 Å². The molecule has 0 fully saturated rings. The summed E-state index contributed by atoms with van der Waals surface area (Å²) in [5.41, 5.74) is 0.980. The lowest BCUT2D eigenvalue weighted by Crippen LogP contribution is -2.35. The van der Waals surface area contributed by atoms with Gasteiger partial charge in [-0.15, -0.1) is 0 Å². The molecule has 1 amide bonds. The second-order valence-electron chi connectivity index (χ2n) is 6.35. The molecular weight excluding hydrogens is 323 g/mol. The maximum atomic E-state index is 12.9. The highest BCUT2D eigenvalue weighted by atomic mass is 19.1. The topological polar surface area (TPSA) is 79.0 Å². The molecule has 2 rings (SSSR count). The quantitative estimate of drug-likeness (QED) is 0.791. The van der Waals surface area contributed by atoms with Crippen molar-refractivity contribution in [2.75, 3.05) is 0 Å². The minimum Gasteiger partial charge on any atom is -0.349 e. The van der Waals surface area contributed by atoms with Crippen LogP contribution in [0.25, 0.3) is 0 Å². The molecule has 0 radical (unpaired) electrons. The van der Waals surface area contributed by atoms with E-state index in [2.05, 4.69) is 10.3 Å². The van der Waals surface area contributed by atoms with Crippen LogP contribution >= 0.6 is 0 Å². The molecule has 1 atom stereocenters. The number of Topliss-reactive ketones (excluding diaryl/α,β-unsaturated/α-hetero) is 1. The number of pyridine rings is 1. The van der Waals surface area contributed by atoms with Crippen molar-refractivity contribution >= 4 is 11.7 Å². The summed E-state index contributed by atoms with van der Waals surface area (Å²) in [6.07, 6.45) is 0.0810. The number of nitrogens with one attached hydrogen (secondary N) is 2. The van der Waals surface area contributed by atoms with E-state index in [-0.39, 0.29) is 29.2 Å². The highest BCUT2D eigenvalue weighted by Gasteiger charge is 2.16. The molecule has 1 aromatic heterocycles. The Morgan fingerprint density at radius 2 is 1.72 bits per heavy atom. The van der Waals surface area contributed by atoms with Crippen LogP contribution in [-0.4, -0.2) is 22.7 Å². The molecule has 1 unspecified atom stereocenters. The van der Waals surface area contributed by atoms with Gasteiger partial charge in [-0.1, -0.05) is 13.8 Å². The number of rotatable bonds is 6. The Labute approximate surface area is 145 Å². The van der Waals surface area contributed by atoms with E-state index in [0.717, 1.165) is 0 Å². The van der Waals surface area contributed by atoms with Crippen molar-refractivity contribution in [3.8, 4) is 0 Å². The van der Waals surface area contributed by atoms with Crippen LogP contribution < -0.4 is 10.9 Å². The van der Waals surface area contributed by atoms with E-state index in [1.807, 2.05) is 13.8 Å². The van der Waals surface area contributed by atoms with Gasteiger partial charge in [-0.2, -0.15) is 0 Å². The SMILES string of the molecule is CC(CC(=O)c1ccc(F)cc1)NC(=O)c1cc(C(C)C)[nH]c(=O)c1. The standard InChI is InChI=1S/C19H21FN2O3/c1-11(2)16-9-14(10-18(24)22-16)19(25)21-12(3)8-17(23)13-4-6-15(20)7-5-13/h4-7,9-12H,8H2,1-3H3,(H,21,25)(H,22,24). The molecule has 5 nitrogen and oxygen atoms in total. The molecule has 0 aliphatic rings. The summed E-state index contributed by atoms with van der Waals surface area (Å²) in [6, 6.07) is 7.72. The summed E-state index contributed by atoms with van der Waals surface area (Å²) in [4.78, 5) is 38.8. The molecule has 0 spiro atoms. The Balaban J connectivity index is 2.03. The Kier molecular flexibility index (Phi) is 5.85. The van der Waals surface area contributed by atoms with E-state index >= 15 is 0 Å². The van der Waals surface area contributed by atoms with Gasteiger partial charge in [-0.3, -0.25) is 14.4 Å². The van der Waals surface area contributed by atoms with Crippen LogP contribution in [-0.2, 0) is 0 Å². The van der Waals surface area contributed by atoms with Crippen molar-refractivity contribution in [3.63, 3.8) is 0 Å². The molecule has 1 heterocycles. The molecule has 0 bridgehead atoms. The fourth-order valence-corrected chi connectivity index (χ4v) is 2.40. The first kappa shape index (κ1) is 18.6. The number of halogens is 1. The number of benzene rings is 1. The molecule has 2 N–H and O–H groups in total. The number of aromatic amines is 1. The summed E-state index contributed by atoms with van der Waals surface area (Å²) in [6.45, 7) is 5.53. The molecule has 0 saturated carbocycles. The summed E-state index contributed by atoms with van der Waals surface area (Å²) in [7, 11) is 0. The average Bonchev–Trinajstić information content (AvgIpc) is 2.54. The van der Waals surface area contributed by atoms with Gasteiger partial charge in [-0.05, 0) is 43.2 Å². The number of hydrogen-bond acceptors (Lipinski definition) is 3. The monoisotopic (exact) mass is 344 g/mol. The number of H-pyrrole nitrogens is 1. The first-order chi connectivity index (χ1) is 11.8. The highest BCUT2D eigenvalue weighted by molar-refractivity contribution is 5.98. The second kappa shape index (κ2) is 7.88. The smallest absolute Gasteiger partial charge is 0.251 e. The Hall–Kier alpha value is -2.76. The molecule has 2 aromatic rings. The van der Waals surface area contributed by atoms with Crippen LogP contribution in [0.4, 0.5) is 4.39 Å². The van der Waals surface area contributed by atoms with Gasteiger partial charge in [0, 0.05) is 35.3 Å². The minimum absolute atomic E-state index is 0.0810. The zero-order valence-electron chi connectivity index (χ0n) is 14.4. The van der Waals surface area contributed by atoms with Crippen LogP contribution in [0.3, 0.4) is 0 Å². The third-order valence-electron chi connectivity index (χ3n) is 3.78. The maximum absolute atomic E-state index is 12.9. The largest absolute Gasteiger partial charge is 0.349 e. The summed E-state index contributed by atoms with van der Waals surface area (Å²) in [5, 5.41) is 2.71. The molecular formula is C19H21FN2O3. The van der Waals surface area contributed by atoms with Crippen molar-refractivity contribution < 1.29 is 14.0 Å². The summed E-state index contributed by atoms with van der Waals surface area (Å²) < 4.78 is 12.9. The second-order valence-corrected chi connectivity index (χ2v) is 6.35. The van der Waals surface area contributed by atoms with Gasteiger partial charge in [0.1, 0.15) is 5.82 Å². The lowest BCUT2D eigenvalue weighted by molar-refractivity contribution is 0.0918. The third-order valence-corrected chi connectivity index (χ3v) is 3.78. The van der Waals surface area contributed by atoms with Gasteiger partial charge in [0.2, 0.25) is 5.56 Å². The molecule has 132 valence electrons. The van der Waals surface area contributed by atoms with E-state index < -0.39 is 17.8 Å². The molecule has 1 aromatic carbocycles. The summed E-state index contributed by atoms with van der Waals surface area (Å²) >= 11 is 0. The van der Waals surface area contributed by atoms with Crippen molar-refractivity contribution in [1.82, 2.24) is 10.3 Å². The van der Waals surface area contributed by atoms with Crippen LogP contribution in [0, 0.1) is 5.82 Å². The first-order valence-electron chi connectivity index (χ1n) is 8.10. The molecule has 0 saturated heterocycles. The van der Waals surface area contributed by atoms with Crippen LogP contribution in [0.15, 0.2) is 41.2 Å². The van der Waals surface area contributed by atoms with Gasteiger partial charge in [0.25, 0.3) is 5.91 Å². The van der Waals surface area contributed by atoms with Crippen molar-refractivity contribution in [2.24, 2.45) is 0 Å². The zero-order chi connectivity index (χ0) is 18.6. The highest BCUT2D eigenvalue weighted by Crippen LogP contribution is 2.12. The number of ketones is 1. The number of hydrogen-bond donors (Lipinski definition) is 2. The van der Waals surface area contributed by atoms with Crippen molar-refractivity contribution in [3.05, 3.63) is 69.4 Å². The number of carbonyl (C=O) groups is 2. The Morgan fingerprint density at radius 3 is 2.32 bits per heavy atom. The van der Waals surface area contributed by atoms with E-state index in [0.29, 0.717) is 11.3 Å². The predicted molar refractivity (Wildman–Crippen MR) is 93.4 cm³/mol. The molecule has 6 heteroatoms. The average molecular weight is 344 g/mol. The van der Waals surface area contributed by atoms with Gasteiger partial charge in [-0.25, -0.2) is 4.39 Å². The normalized spacial score (nSPS) is 12.0. The number of carbonyl (C=O) groups excluding carboxylic acids is 2. The van der Waals surface area contributed by atoms with E-state index in [4.69, 9.17) is 0 Å². The van der Waals surface area contributed by atoms with E-state index in [1.165, 1.54) is 30.3 Å². The minimum atomic E-state index is -0.424. The van der Waals surface area contributed by atoms with Crippen LogP contribution in [0.2, 0.25) is 0 Å². The maximum Gasteiger partial charge on any atom is 0.251 e. The lowest BCUT2D eigenvalue weighted by atomic mass is 10.0. The van der Waals surface area contributed by atoms with Gasteiger partial charge < -0.3 is 10.3 Å². The zero-order valence-corrected chi connectivity index (χ0v) is 14.4. The van der Waals surface area contributed by atoms with Gasteiger partial charge in [0.15, 0.2) is 5.78 Å². The summed E-state index contributed by atoms with van der Waals surface area (Å²) in [5.74, 6) is -0.930. The Morgan fingerprint density at radius 1 is 1.08 bits per heavy atom. The number of aromatic nitrogens is 1. The van der Waals surface area contributed by atoms with Gasteiger partial charge >= 0.3 is 0 Å².